The molecular formula is C17H18N6O4. The number of carbonyl (C=O) groups excluding carboxylic acids is 1. The summed E-state index contributed by atoms with van der Waals surface area (Å²) in [5.41, 5.74) is -0.198. The number of hydrogen-bond acceptors (Lipinski definition) is 6. The minimum atomic E-state index is -0.525. The van der Waals surface area contributed by atoms with Gasteiger partial charge in [-0.3, -0.25) is 24.3 Å². The molecular weight excluding hydrogens is 352 g/mol. The molecule has 0 aliphatic carbocycles. The molecule has 140 valence electrons. The number of benzene rings is 1. The van der Waals surface area contributed by atoms with Crippen molar-refractivity contribution in [2.75, 3.05) is 6.54 Å². The van der Waals surface area contributed by atoms with Gasteiger partial charge in [0.15, 0.2) is 5.65 Å². The number of rotatable bonds is 6. The number of aromatic nitrogens is 4. The molecule has 0 aliphatic heterocycles. The summed E-state index contributed by atoms with van der Waals surface area (Å²) in [6.45, 7) is 4.29. The fourth-order valence-electron chi connectivity index (χ4n) is 2.56. The van der Waals surface area contributed by atoms with Crippen LogP contribution in [-0.2, 0) is 11.3 Å². The van der Waals surface area contributed by atoms with Crippen LogP contribution < -0.4 is 10.9 Å². The van der Waals surface area contributed by atoms with E-state index in [4.69, 9.17) is 0 Å². The summed E-state index contributed by atoms with van der Waals surface area (Å²) in [5.74, 6) is 0.00390. The highest BCUT2D eigenvalue weighted by Gasteiger charge is 2.19. The maximum Gasteiger partial charge on any atom is 0.294 e. The highest BCUT2D eigenvalue weighted by atomic mass is 16.6. The molecule has 1 amide bonds. The highest BCUT2D eigenvalue weighted by Crippen LogP contribution is 2.23. The second-order valence-corrected chi connectivity index (χ2v) is 6.42. The van der Waals surface area contributed by atoms with Crippen LogP contribution >= 0.6 is 0 Å². The topological polar surface area (TPSA) is 125 Å². The molecule has 3 rings (SSSR count). The molecule has 3 aromatic rings. The van der Waals surface area contributed by atoms with E-state index in [1.807, 2.05) is 13.8 Å². The van der Waals surface area contributed by atoms with E-state index in [2.05, 4.69) is 15.4 Å². The third-order valence-electron chi connectivity index (χ3n) is 3.88. The van der Waals surface area contributed by atoms with Gasteiger partial charge >= 0.3 is 0 Å². The van der Waals surface area contributed by atoms with Crippen molar-refractivity contribution in [1.82, 2.24) is 24.6 Å². The summed E-state index contributed by atoms with van der Waals surface area (Å²) in [7, 11) is 0. The molecule has 0 saturated carbocycles. The Morgan fingerprint density at radius 1 is 1.33 bits per heavy atom. The Labute approximate surface area is 153 Å². The first-order chi connectivity index (χ1) is 12.9. The third-order valence-corrected chi connectivity index (χ3v) is 3.88. The molecule has 27 heavy (non-hydrogen) atoms. The molecule has 2 aromatic heterocycles. The van der Waals surface area contributed by atoms with Crippen LogP contribution in [0.3, 0.4) is 0 Å². The lowest BCUT2D eigenvalue weighted by atomic mass is 10.2. The fourth-order valence-corrected chi connectivity index (χ4v) is 2.56. The molecule has 0 atom stereocenters. The van der Waals surface area contributed by atoms with Crippen LogP contribution in [0, 0.1) is 16.0 Å². The minimum absolute atomic E-state index is 0.151. The molecule has 10 nitrogen and oxygen atoms in total. The Kier molecular flexibility index (Phi) is 4.97. The van der Waals surface area contributed by atoms with E-state index in [0.29, 0.717) is 12.5 Å². The number of nitrogens with zero attached hydrogens (tertiary/aromatic N) is 5. The van der Waals surface area contributed by atoms with Gasteiger partial charge in [-0.1, -0.05) is 26.0 Å². The van der Waals surface area contributed by atoms with E-state index in [0.717, 1.165) is 0 Å². The monoisotopic (exact) mass is 370 g/mol. The Bertz CT molecular complexity index is 1070. The van der Waals surface area contributed by atoms with Gasteiger partial charge in [0, 0.05) is 12.6 Å². The second-order valence-electron chi connectivity index (χ2n) is 6.42. The summed E-state index contributed by atoms with van der Waals surface area (Å²) >= 11 is 0. The van der Waals surface area contributed by atoms with Crippen LogP contribution in [-0.4, -0.2) is 36.7 Å². The largest absolute Gasteiger partial charge is 0.354 e. The number of nitro benzene ring substituents is 1. The number of para-hydroxylation sites is 2. The van der Waals surface area contributed by atoms with E-state index >= 15 is 0 Å². The minimum Gasteiger partial charge on any atom is -0.354 e. The van der Waals surface area contributed by atoms with E-state index in [-0.39, 0.29) is 34.9 Å². The zero-order valence-corrected chi connectivity index (χ0v) is 14.8. The standard InChI is InChI=1S/C17H18N6O4/c1-11(2)7-18-15(24)9-21-10-19-16-12(17(21)25)8-20-22(16)13-5-3-4-6-14(13)23(26)27/h3-6,8,10-11H,7,9H2,1-2H3,(H,18,24). The second kappa shape index (κ2) is 7.36. The first-order valence-corrected chi connectivity index (χ1v) is 8.32. The van der Waals surface area contributed by atoms with Gasteiger partial charge in [-0.2, -0.15) is 5.10 Å². The molecule has 0 radical (unpaired) electrons. The van der Waals surface area contributed by atoms with E-state index in [1.54, 1.807) is 12.1 Å². The van der Waals surface area contributed by atoms with Crippen LogP contribution in [0.25, 0.3) is 16.7 Å². The summed E-state index contributed by atoms with van der Waals surface area (Å²) in [6.07, 6.45) is 2.54. The van der Waals surface area contributed by atoms with Gasteiger partial charge in [-0.05, 0) is 12.0 Å². The van der Waals surface area contributed by atoms with Crippen molar-refractivity contribution in [3.8, 4) is 5.69 Å². The zero-order valence-electron chi connectivity index (χ0n) is 14.8. The summed E-state index contributed by atoms with van der Waals surface area (Å²) in [6, 6.07) is 6.06. The van der Waals surface area contributed by atoms with Crippen molar-refractivity contribution in [2.45, 2.75) is 20.4 Å². The van der Waals surface area contributed by atoms with Gasteiger partial charge in [-0.25, -0.2) is 9.67 Å². The lowest BCUT2D eigenvalue weighted by molar-refractivity contribution is -0.384. The van der Waals surface area contributed by atoms with Crippen molar-refractivity contribution in [1.29, 1.82) is 0 Å². The molecule has 10 heteroatoms. The number of carbonyl (C=O) groups is 1. The highest BCUT2D eigenvalue weighted by molar-refractivity contribution is 5.78. The predicted octanol–water partition coefficient (Wildman–Crippen LogP) is 1.26. The summed E-state index contributed by atoms with van der Waals surface area (Å²) in [4.78, 5) is 39.5. The van der Waals surface area contributed by atoms with E-state index in [1.165, 1.54) is 33.9 Å². The molecule has 0 aliphatic rings. The first kappa shape index (κ1) is 18.2. The van der Waals surface area contributed by atoms with Gasteiger partial charge in [0.2, 0.25) is 5.91 Å². The van der Waals surface area contributed by atoms with E-state index in [9.17, 15) is 19.7 Å². The third kappa shape index (κ3) is 3.68. The van der Waals surface area contributed by atoms with Crippen LogP contribution in [0.5, 0.6) is 0 Å². The Hall–Kier alpha value is -3.56. The number of amides is 1. The molecule has 1 N–H and O–H groups in total. The summed E-state index contributed by atoms with van der Waals surface area (Å²) in [5, 5.41) is 18.2. The number of hydrogen-bond donors (Lipinski definition) is 1. The van der Waals surface area contributed by atoms with Gasteiger partial charge in [0.25, 0.3) is 11.2 Å². The lowest BCUT2D eigenvalue weighted by Crippen LogP contribution is -2.34. The Balaban J connectivity index is 1.98. The predicted molar refractivity (Wildman–Crippen MR) is 97.6 cm³/mol. The molecule has 0 saturated heterocycles. The van der Waals surface area contributed by atoms with Crippen molar-refractivity contribution in [2.24, 2.45) is 5.92 Å². The van der Waals surface area contributed by atoms with Crippen LogP contribution in [0.2, 0.25) is 0 Å². The fraction of sp³-hybridized carbons (Fsp3) is 0.294. The number of fused-ring (bicyclic) bond motifs is 1. The molecule has 0 bridgehead atoms. The van der Waals surface area contributed by atoms with Crippen LogP contribution in [0.1, 0.15) is 13.8 Å². The lowest BCUT2D eigenvalue weighted by Gasteiger charge is -2.09. The zero-order chi connectivity index (χ0) is 19.6. The Morgan fingerprint density at radius 2 is 2.07 bits per heavy atom. The van der Waals surface area contributed by atoms with Crippen molar-refractivity contribution < 1.29 is 9.72 Å². The quantitative estimate of drug-likeness (QED) is 0.514. The van der Waals surface area contributed by atoms with Gasteiger partial charge in [-0.15, -0.1) is 0 Å². The average Bonchev–Trinajstić information content (AvgIpc) is 3.07. The smallest absolute Gasteiger partial charge is 0.294 e. The normalized spacial score (nSPS) is 11.1. The van der Waals surface area contributed by atoms with Crippen molar-refractivity contribution in [3.63, 3.8) is 0 Å². The molecule has 0 fully saturated rings. The van der Waals surface area contributed by atoms with Crippen molar-refractivity contribution in [3.05, 3.63) is 57.3 Å². The molecule has 0 spiro atoms. The van der Waals surface area contributed by atoms with E-state index < -0.39 is 10.5 Å². The maximum atomic E-state index is 12.6. The first-order valence-electron chi connectivity index (χ1n) is 8.32. The van der Waals surface area contributed by atoms with Gasteiger partial charge < -0.3 is 5.32 Å². The van der Waals surface area contributed by atoms with Crippen LogP contribution in [0.15, 0.2) is 41.6 Å². The molecule has 0 unspecified atom stereocenters. The van der Waals surface area contributed by atoms with Gasteiger partial charge in [0.1, 0.15) is 23.9 Å². The number of nitrogens with one attached hydrogen (secondary N) is 1. The van der Waals surface area contributed by atoms with Crippen LogP contribution in [0.4, 0.5) is 5.69 Å². The van der Waals surface area contributed by atoms with Gasteiger partial charge in [0.05, 0.1) is 11.1 Å². The summed E-state index contributed by atoms with van der Waals surface area (Å²) < 4.78 is 2.43. The molecule has 1 aromatic carbocycles. The maximum absolute atomic E-state index is 12.6. The Morgan fingerprint density at radius 3 is 2.78 bits per heavy atom. The van der Waals surface area contributed by atoms with Crippen molar-refractivity contribution >= 4 is 22.6 Å². The molecule has 2 heterocycles. The number of nitro groups is 1. The average molecular weight is 370 g/mol. The SMILES string of the molecule is CC(C)CNC(=O)Cn1cnc2c(cnn2-c2ccccc2[N+](=O)[O-])c1=O.